The average Bonchev–Trinajstić information content (AvgIpc) is 3.00. The summed E-state index contributed by atoms with van der Waals surface area (Å²) in [6, 6.07) is 4.52. The van der Waals surface area contributed by atoms with Gasteiger partial charge in [-0.2, -0.15) is 0 Å². The predicted octanol–water partition coefficient (Wildman–Crippen LogP) is 6.35. The lowest BCUT2D eigenvalue weighted by Crippen LogP contribution is -2.04. The van der Waals surface area contributed by atoms with E-state index in [-0.39, 0.29) is 26.7 Å². The van der Waals surface area contributed by atoms with Gasteiger partial charge in [-0.05, 0) is 12.1 Å². The van der Waals surface area contributed by atoms with Crippen molar-refractivity contribution in [2.24, 2.45) is 0 Å². The molecule has 0 aliphatic heterocycles. The molecule has 0 fully saturated rings. The summed E-state index contributed by atoms with van der Waals surface area (Å²) in [7, 11) is 0. The van der Waals surface area contributed by atoms with Gasteiger partial charge in [0.1, 0.15) is 0 Å². The van der Waals surface area contributed by atoms with E-state index in [1.54, 1.807) is 6.07 Å². The van der Waals surface area contributed by atoms with E-state index in [1.165, 1.54) is 18.3 Å². The molecule has 0 amide bonds. The molecule has 0 atom stereocenters. The van der Waals surface area contributed by atoms with Crippen LogP contribution in [0.4, 0.5) is 22.0 Å². The molecule has 1 heterocycles. The van der Waals surface area contributed by atoms with Crippen molar-refractivity contribution in [2.75, 3.05) is 0 Å². The van der Waals surface area contributed by atoms with E-state index in [0.29, 0.717) is 0 Å². The predicted molar refractivity (Wildman–Crippen MR) is 81.5 cm³/mol. The highest BCUT2D eigenvalue weighted by Crippen LogP contribution is 2.42. The highest BCUT2D eigenvalue weighted by atomic mass is 35.5. The number of aromatic nitrogens is 1. The van der Waals surface area contributed by atoms with Crippen LogP contribution in [0.5, 0.6) is 0 Å². The van der Waals surface area contributed by atoms with Gasteiger partial charge in [0, 0.05) is 39.1 Å². The minimum absolute atomic E-state index is 0.105. The van der Waals surface area contributed by atoms with Gasteiger partial charge in [0.25, 0.3) is 0 Å². The average molecular weight is 378 g/mol. The Morgan fingerprint density at radius 2 is 1.04 bits per heavy atom. The van der Waals surface area contributed by atoms with Crippen molar-refractivity contribution in [3.8, 4) is 22.3 Å². The first-order chi connectivity index (χ1) is 11.3. The Labute approximate surface area is 142 Å². The van der Waals surface area contributed by atoms with Gasteiger partial charge in [-0.1, -0.05) is 29.3 Å². The van der Waals surface area contributed by atoms with Crippen molar-refractivity contribution in [1.29, 1.82) is 0 Å². The number of rotatable bonds is 2. The molecule has 24 heavy (non-hydrogen) atoms. The summed E-state index contributed by atoms with van der Waals surface area (Å²) >= 11 is 12.1. The van der Waals surface area contributed by atoms with E-state index < -0.39 is 34.6 Å². The van der Waals surface area contributed by atoms with Crippen molar-refractivity contribution in [1.82, 2.24) is 4.98 Å². The number of hydrogen-bond donors (Lipinski definition) is 1. The molecule has 0 aliphatic carbocycles. The summed E-state index contributed by atoms with van der Waals surface area (Å²) in [4.78, 5) is 2.57. The van der Waals surface area contributed by atoms with Gasteiger partial charge >= 0.3 is 0 Å². The Bertz CT molecular complexity index is 903. The first-order valence-electron chi connectivity index (χ1n) is 6.47. The Morgan fingerprint density at radius 1 is 0.625 bits per heavy atom. The molecule has 0 radical (unpaired) electrons. The number of halogens is 7. The molecule has 3 rings (SSSR count). The van der Waals surface area contributed by atoms with Crippen LogP contribution in [0.1, 0.15) is 0 Å². The van der Waals surface area contributed by atoms with Crippen LogP contribution in [0.25, 0.3) is 22.3 Å². The van der Waals surface area contributed by atoms with Crippen LogP contribution in [0.3, 0.4) is 0 Å². The molecule has 1 N–H and O–H groups in total. The molecule has 0 unspecified atom stereocenters. The van der Waals surface area contributed by atoms with Gasteiger partial charge in [0.15, 0.2) is 23.3 Å². The van der Waals surface area contributed by atoms with E-state index in [4.69, 9.17) is 23.2 Å². The summed E-state index contributed by atoms with van der Waals surface area (Å²) in [5.74, 6) is -10.1. The van der Waals surface area contributed by atoms with E-state index in [9.17, 15) is 22.0 Å². The molecular formula is C16H6Cl2F5N. The maximum Gasteiger partial charge on any atom is 0.200 e. The number of benzene rings is 2. The van der Waals surface area contributed by atoms with Gasteiger partial charge in [0.2, 0.25) is 5.82 Å². The maximum atomic E-state index is 14.1. The largest absolute Gasteiger partial charge is 0.366 e. The normalized spacial score (nSPS) is 11.1. The van der Waals surface area contributed by atoms with E-state index in [0.717, 1.165) is 6.20 Å². The zero-order valence-electron chi connectivity index (χ0n) is 11.5. The van der Waals surface area contributed by atoms with Crippen molar-refractivity contribution >= 4 is 23.2 Å². The van der Waals surface area contributed by atoms with Gasteiger partial charge in [-0.3, -0.25) is 0 Å². The fraction of sp³-hybridized carbons (Fsp3) is 0. The highest BCUT2D eigenvalue weighted by molar-refractivity contribution is 6.39. The second kappa shape index (κ2) is 6.11. The topological polar surface area (TPSA) is 15.8 Å². The Kier molecular flexibility index (Phi) is 4.27. The van der Waals surface area contributed by atoms with Crippen LogP contribution in [0, 0.1) is 29.1 Å². The van der Waals surface area contributed by atoms with Crippen LogP contribution in [-0.2, 0) is 0 Å². The summed E-state index contributed by atoms with van der Waals surface area (Å²) in [5.41, 5.74) is -0.994. The van der Waals surface area contributed by atoms with Crippen molar-refractivity contribution in [2.45, 2.75) is 0 Å². The van der Waals surface area contributed by atoms with Crippen molar-refractivity contribution < 1.29 is 22.0 Å². The zero-order chi connectivity index (χ0) is 17.6. The lowest BCUT2D eigenvalue weighted by Gasteiger charge is -2.11. The van der Waals surface area contributed by atoms with Crippen molar-refractivity contribution in [3.05, 3.63) is 69.7 Å². The van der Waals surface area contributed by atoms with Crippen LogP contribution in [-0.4, -0.2) is 4.98 Å². The third kappa shape index (κ3) is 2.46. The van der Waals surface area contributed by atoms with E-state index >= 15 is 0 Å². The number of H-pyrrole nitrogens is 1. The third-order valence-electron chi connectivity index (χ3n) is 3.46. The van der Waals surface area contributed by atoms with Gasteiger partial charge < -0.3 is 4.98 Å². The molecular weight excluding hydrogens is 372 g/mol. The van der Waals surface area contributed by atoms with Crippen LogP contribution < -0.4 is 0 Å². The van der Waals surface area contributed by atoms with Crippen LogP contribution >= 0.6 is 23.2 Å². The SMILES string of the molecule is Fc1c(F)c(F)c(-c2c[nH]cc2-c2c(Cl)cccc2Cl)c(F)c1F. The molecule has 8 heteroatoms. The zero-order valence-corrected chi connectivity index (χ0v) is 13.0. The molecule has 0 aliphatic rings. The van der Waals surface area contributed by atoms with Crippen LogP contribution in [0.2, 0.25) is 10.0 Å². The molecule has 0 bridgehead atoms. The minimum atomic E-state index is -2.22. The lowest BCUT2D eigenvalue weighted by molar-refractivity contribution is 0.381. The smallest absolute Gasteiger partial charge is 0.200 e. The highest BCUT2D eigenvalue weighted by Gasteiger charge is 2.29. The summed E-state index contributed by atoms with van der Waals surface area (Å²) in [6.45, 7) is 0. The van der Waals surface area contributed by atoms with Crippen molar-refractivity contribution in [3.63, 3.8) is 0 Å². The molecule has 124 valence electrons. The molecule has 0 spiro atoms. The minimum Gasteiger partial charge on any atom is -0.366 e. The second-order valence-corrected chi connectivity index (χ2v) is 5.64. The third-order valence-corrected chi connectivity index (χ3v) is 4.09. The molecule has 1 aromatic heterocycles. The molecule has 1 nitrogen and oxygen atoms in total. The summed E-state index contributed by atoms with van der Waals surface area (Å²) < 4.78 is 68.3. The number of nitrogens with one attached hydrogen (secondary N) is 1. The fourth-order valence-corrected chi connectivity index (χ4v) is 2.98. The number of aromatic amines is 1. The van der Waals surface area contributed by atoms with E-state index in [1.807, 2.05) is 0 Å². The molecule has 2 aromatic carbocycles. The molecule has 0 saturated heterocycles. The van der Waals surface area contributed by atoms with Gasteiger partial charge in [-0.15, -0.1) is 0 Å². The number of hydrogen-bond acceptors (Lipinski definition) is 0. The van der Waals surface area contributed by atoms with Gasteiger partial charge in [0.05, 0.1) is 5.56 Å². The Balaban J connectivity index is 2.35. The first kappa shape index (κ1) is 16.8. The molecule has 3 aromatic rings. The Morgan fingerprint density at radius 3 is 1.54 bits per heavy atom. The lowest BCUT2D eigenvalue weighted by atomic mass is 9.97. The Hall–Kier alpha value is -2.05. The molecule has 0 saturated carbocycles. The summed E-state index contributed by atoms with van der Waals surface area (Å²) in [5, 5.41) is 0.319. The quantitative estimate of drug-likeness (QED) is 0.304. The second-order valence-electron chi connectivity index (χ2n) is 4.82. The summed E-state index contributed by atoms with van der Waals surface area (Å²) in [6.07, 6.45) is 2.41. The first-order valence-corrected chi connectivity index (χ1v) is 7.23. The van der Waals surface area contributed by atoms with Crippen LogP contribution in [0.15, 0.2) is 30.6 Å². The van der Waals surface area contributed by atoms with E-state index in [2.05, 4.69) is 4.98 Å². The maximum absolute atomic E-state index is 14.1. The van der Waals surface area contributed by atoms with Gasteiger partial charge in [-0.25, -0.2) is 22.0 Å². The monoisotopic (exact) mass is 377 g/mol. The fourth-order valence-electron chi connectivity index (χ4n) is 2.37. The standard InChI is InChI=1S/C16H6Cl2F5N/c17-8-2-1-3-9(18)10(8)6-4-24-5-7(6)11-12(19)14(21)16(23)15(22)13(11)20/h1-5,24H.